The third-order valence-electron chi connectivity index (χ3n) is 3.63. The fraction of sp³-hybridized carbons (Fsp3) is 0.278. The molecule has 0 bridgehead atoms. The number of benzene rings is 2. The third-order valence-corrected chi connectivity index (χ3v) is 3.87. The van der Waals surface area contributed by atoms with Crippen molar-refractivity contribution in [3.05, 3.63) is 64.2 Å². The lowest BCUT2D eigenvalue weighted by Gasteiger charge is -2.19. The number of likely N-dealkylation sites (N-methyl/N-ethyl adjacent to an activating group) is 1. The molecule has 0 aliphatic rings. The molecule has 0 radical (unpaired) electrons. The minimum atomic E-state index is 0.0441. The van der Waals surface area contributed by atoms with Gasteiger partial charge in [-0.05, 0) is 42.7 Å². The van der Waals surface area contributed by atoms with Gasteiger partial charge < -0.3 is 10.2 Å². The van der Waals surface area contributed by atoms with Gasteiger partial charge in [-0.2, -0.15) is 0 Å². The van der Waals surface area contributed by atoms with Crippen molar-refractivity contribution in [2.24, 2.45) is 0 Å². The van der Waals surface area contributed by atoms with Gasteiger partial charge in [0, 0.05) is 24.3 Å². The van der Waals surface area contributed by atoms with E-state index in [4.69, 9.17) is 11.6 Å². The molecule has 0 aliphatic heterocycles. The number of halogens is 1. The standard InChI is InChI=1S/C18H21ClN2O/c1-13-6-4-7-14(2)18(13)20-11-17(22)21(3)12-15-8-5-9-16(19)10-15/h4-10,20H,11-12H2,1-3H3. The van der Waals surface area contributed by atoms with Crippen molar-refractivity contribution in [2.45, 2.75) is 20.4 Å². The highest BCUT2D eigenvalue weighted by Gasteiger charge is 2.10. The van der Waals surface area contributed by atoms with Gasteiger partial charge in [0.15, 0.2) is 0 Å². The lowest BCUT2D eigenvalue weighted by molar-refractivity contribution is -0.128. The first-order chi connectivity index (χ1) is 10.5. The SMILES string of the molecule is Cc1cccc(C)c1NCC(=O)N(C)Cc1cccc(Cl)c1. The number of hydrogen-bond acceptors (Lipinski definition) is 2. The first-order valence-corrected chi connectivity index (χ1v) is 7.63. The molecule has 0 saturated heterocycles. The summed E-state index contributed by atoms with van der Waals surface area (Å²) < 4.78 is 0. The van der Waals surface area contributed by atoms with Gasteiger partial charge in [0.1, 0.15) is 0 Å². The number of para-hydroxylation sites is 1. The number of aryl methyl sites for hydroxylation is 2. The molecule has 22 heavy (non-hydrogen) atoms. The summed E-state index contributed by atoms with van der Waals surface area (Å²) in [6.07, 6.45) is 0. The van der Waals surface area contributed by atoms with Crippen molar-refractivity contribution >= 4 is 23.2 Å². The molecule has 0 aromatic heterocycles. The summed E-state index contributed by atoms with van der Waals surface area (Å²) >= 11 is 5.97. The predicted molar refractivity (Wildman–Crippen MR) is 92.3 cm³/mol. The van der Waals surface area contributed by atoms with Crippen molar-refractivity contribution in [2.75, 3.05) is 18.9 Å². The average molecular weight is 317 g/mol. The Labute approximate surface area is 136 Å². The van der Waals surface area contributed by atoms with Crippen LogP contribution in [0.5, 0.6) is 0 Å². The maximum atomic E-state index is 12.3. The van der Waals surface area contributed by atoms with Crippen LogP contribution in [0.4, 0.5) is 5.69 Å². The van der Waals surface area contributed by atoms with Crippen molar-refractivity contribution < 1.29 is 4.79 Å². The minimum Gasteiger partial charge on any atom is -0.376 e. The zero-order valence-electron chi connectivity index (χ0n) is 13.2. The molecule has 0 atom stereocenters. The largest absolute Gasteiger partial charge is 0.376 e. The number of nitrogens with one attached hydrogen (secondary N) is 1. The number of anilines is 1. The van der Waals surface area contributed by atoms with Crippen LogP contribution < -0.4 is 5.32 Å². The second-order valence-electron chi connectivity index (χ2n) is 5.50. The fourth-order valence-corrected chi connectivity index (χ4v) is 2.60. The van der Waals surface area contributed by atoms with E-state index >= 15 is 0 Å². The van der Waals surface area contributed by atoms with E-state index in [0.29, 0.717) is 11.6 Å². The maximum absolute atomic E-state index is 12.3. The number of nitrogens with zero attached hydrogens (tertiary/aromatic N) is 1. The van der Waals surface area contributed by atoms with Crippen molar-refractivity contribution in [3.63, 3.8) is 0 Å². The minimum absolute atomic E-state index is 0.0441. The van der Waals surface area contributed by atoms with Gasteiger partial charge in [-0.3, -0.25) is 4.79 Å². The first kappa shape index (κ1) is 16.4. The molecule has 0 unspecified atom stereocenters. The normalized spacial score (nSPS) is 10.4. The van der Waals surface area contributed by atoms with E-state index < -0.39 is 0 Å². The van der Waals surface area contributed by atoms with Crippen LogP contribution in [-0.4, -0.2) is 24.4 Å². The summed E-state index contributed by atoms with van der Waals surface area (Å²) in [5, 5.41) is 3.93. The van der Waals surface area contributed by atoms with E-state index in [0.717, 1.165) is 22.4 Å². The van der Waals surface area contributed by atoms with E-state index in [1.165, 1.54) is 0 Å². The molecule has 2 rings (SSSR count). The first-order valence-electron chi connectivity index (χ1n) is 7.26. The van der Waals surface area contributed by atoms with Gasteiger partial charge >= 0.3 is 0 Å². The van der Waals surface area contributed by atoms with Crippen molar-refractivity contribution in [1.29, 1.82) is 0 Å². The van der Waals surface area contributed by atoms with Crippen LogP contribution in [0.25, 0.3) is 0 Å². The molecule has 0 heterocycles. The van der Waals surface area contributed by atoms with Gasteiger partial charge in [0.25, 0.3) is 0 Å². The highest BCUT2D eigenvalue weighted by molar-refractivity contribution is 6.30. The predicted octanol–water partition coefficient (Wildman–Crippen LogP) is 4.03. The Hall–Kier alpha value is -2.00. The monoisotopic (exact) mass is 316 g/mol. The van der Waals surface area contributed by atoms with Gasteiger partial charge in [-0.15, -0.1) is 0 Å². The van der Waals surface area contributed by atoms with E-state index in [1.54, 1.807) is 11.9 Å². The number of carbonyl (C=O) groups is 1. The molecule has 1 N–H and O–H groups in total. The summed E-state index contributed by atoms with van der Waals surface area (Å²) in [4.78, 5) is 14.0. The lowest BCUT2D eigenvalue weighted by Crippen LogP contribution is -2.32. The lowest BCUT2D eigenvalue weighted by atomic mass is 10.1. The van der Waals surface area contributed by atoms with Crippen LogP contribution in [0.2, 0.25) is 5.02 Å². The summed E-state index contributed by atoms with van der Waals surface area (Å²) in [5.74, 6) is 0.0441. The third kappa shape index (κ3) is 4.25. The van der Waals surface area contributed by atoms with Crippen LogP contribution in [0.15, 0.2) is 42.5 Å². The average Bonchev–Trinajstić information content (AvgIpc) is 2.46. The fourth-order valence-electron chi connectivity index (χ4n) is 2.39. The number of amides is 1. The molecule has 3 nitrogen and oxygen atoms in total. The molecular weight excluding hydrogens is 296 g/mol. The topological polar surface area (TPSA) is 32.3 Å². The Morgan fingerprint density at radius 3 is 2.41 bits per heavy atom. The highest BCUT2D eigenvalue weighted by Crippen LogP contribution is 2.19. The van der Waals surface area contributed by atoms with Crippen LogP contribution in [0.1, 0.15) is 16.7 Å². The van der Waals surface area contributed by atoms with Gasteiger partial charge in [-0.25, -0.2) is 0 Å². The summed E-state index contributed by atoms with van der Waals surface area (Å²) in [7, 11) is 1.80. The Bertz CT molecular complexity index is 650. The Morgan fingerprint density at radius 2 is 1.77 bits per heavy atom. The molecule has 0 saturated carbocycles. The molecule has 0 fully saturated rings. The van der Waals surface area contributed by atoms with E-state index in [-0.39, 0.29) is 12.5 Å². The number of carbonyl (C=O) groups excluding carboxylic acids is 1. The zero-order valence-corrected chi connectivity index (χ0v) is 13.9. The summed E-state index contributed by atoms with van der Waals surface area (Å²) in [5.41, 5.74) is 4.35. The quantitative estimate of drug-likeness (QED) is 0.903. The molecule has 4 heteroatoms. The zero-order chi connectivity index (χ0) is 16.1. The van der Waals surface area contributed by atoms with Crippen LogP contribution in [0.3, 0.4) is 0 Å². The van der Waals surface area contributed by atoms with Gasteiger partial charge in [-0.1, -0.05) is 41.9 Å². The number of rotatable bonds is 5. The van der Waals surface area contributed by atoms with Gasteiger partial charge in [0.05, 0.1) is 6.54 Å². The smallest absolute Gasteiger partial charge is 0.241 e. The molecular formula is C18H21ClN2O. The van der Waals surface area contributed by atoms with E-state index in [1.807, 2.05) is 56.3 Å². The Balaban J connectivity index is 1.94. The molecule has 1 amide bonds. The molecule has 2 aromatic rings. The Kier molecular flexibility index (Phi) is 5.45. The maximum Gasteiger partial charge on any atom is 0.241 e. The summed E-state index contributed by atoms with van der Waals surface area (Å²) in [6.45, 7) is 4.90. The summed E-state index contributed by atoms with van der Waals surface area (Å²) in [6, 6.07) is 13.7. The second kappa shape index (κ2) is 7.32. The van der Waals surface area contributed by atoms with E-state index in [9.17, 15) is 4.79 Å². The highest BCUT2D eigenvalue weighted by atomic mass is 35.5. The molecule has 0 spiro atoms. The Morgan fingerprint density at radius 1 is 1.14 bits per heavy atom. The second-order valence-corrected chi connectivity index (χ2v) is 5.94. The van der Waals surface area contributed by atoms with Gasteiger partial charge in [0.2, 0.25) is 5.91 Å². The van der Waals surface area contributed by atoms with Crippen LogP contribution in [0, 0.1) is 13.8 Å². The number of hydrogen-bond donors (Lipinski definition) is 1. The molecule has 0 aliphatic carbocycles. The van der Waals surface area contributed by atoms with Crippen molar-refractivity contribution in [1.82, 2.24) is 4.90 Å². The van der Waals surface area contributed by atoms with Crippen LogP contribution >= 0.6 is 11.6 Å². The molecule has 116 valence electrons. The molecule has 2 aromatic carbocycles. The van der Waals surface area contributed by atoms with Crippen molar-refractivity contribution in [3.8, 4) is 0 Å². The van der Waals surface area contributed by atoms with Crippen LogP contribution in [-0.2, 0) is 11.3 Å². The van der Waals surface area contributed by atoms with E-state index in [2.05, 4.69) is 5.32 Å².